The number of aromatic hydroxyl groups is 1. The second-order valence-corrected chi connectivity index (χ2v) is 6.27. The van der Waals surface area contributed by atoms with E-state index < -0.39 is 5.76 Å². The van der Waals surface area contributed by atoms with Crippen molar-refractivity contribution in [3.63, 3.8) is 0 Å². The summed E-state index contributed by atoms with van der Waals surface area (Å²) in [6.07, 6.45) is 0. The SMILES string of the molecule is Nc1cc(O)c(Cn2nc(-c3cc(Cl)cc(Cl)c3)oc2=O)cc1Cl. The minimum atomic E-state index is -0.701. The lowest BCUT2D eigenvalue weighted by molar-refractivity contribution is 0.457. The van der Waals surface area contributed by atoms with E-state index in [-0.39, 0.29) is 28.9 Å². The Kier molecular flexibility index (Phi) is 4.45. The standard InChI is InChI=1S/C15H10Cl3N3O3/c16-9-1-7(2-10(17)4-9)14-20-21(15(23)24-14)6-8-3-11(18)12(19)5-13(8)22/h1-5,22H,6,19H2. The zero-order valence-electron chi connectivity index (χ0n) is 12.0. The maximum atomic E-state index is 12.0. The number of nitrogens with zero attached hydrogens (tertiary/aromatic N) is 2. The average molecular weight is 387 g/mol. The number of hydrogen-bond acceptors (Lipinski definition) is 5. The van der Waals surface area contributed by atoms with Crippen LogP contribution in [0.25, 0.3) is 11.5 Å². The summed E-state index contributed by atoms with van der Waals surface area (Å²) >= 11 is 17.8. The highest BCUT2D eigenvalue weighted by molar-refractivity contribution is 6.35. The molecule has 0 radical (unpaired) electrons. The zero-order chi connectivity index (χ0) is 17.4. The highest BCUT2D eigenvalue weighted by Crippen LogP contribution is 2.29. The van der Waals surface area contributed by atoms with Crippen molar-refractivity contribution in [3.05, 3.63) is 61.5 Å². The van der Waals surface area contributed by atoms with Crippen molar-refractivity contribution in [3.8, 4) is 17.2 Å². The van der Waals surface area contributed by atoms with Crippen LogP contribution in [-0.4, -0.2) is 14.9 Å². The van der Waals surface area contributed by atoms with E-state index in [1.54, 1.807) is 18.2 Å². The monoisotopic (exact) mass is 385 g/mol. The van der Waals surface area contributed by atoms with E-state index in [2.05, 4.69) is 5.10 Å². The van der Waals surface area contributed by atoms with Crippen LogP contribution in [0, 0.1) is 0 Å². The first-order chi connectivity index (χ1) is 11.3. The van der Waals surface area contributed by atoms with Gasteiger partial charge in [-0.1, -0.05) is 34.8 Å². The first-order valence-electron chi connectivity index (χ1n) is 6.65. The van der Waals surface area contributed by atoms with Crippen LogP contribution in [0.5, 0.6) is 5.75 Å². The molecule has 3 N–H and O–H groups in total. The van der Waals surface area contributed by atoms with Gasteiger partial charge in [-0.15, -0.1) is 5.10 Å². The van der Waals surface area contributed by atoms with Gasteiger partial charge >= 0.3 is 5.76 Å². The van der Waals surface area contributed by atoms with E-state index in [1.165, 1.54) is 12.1 Å². The quantitative estimate of drug-likeness (QED) is 0.668. The highest BCUT2D eigenvalue weighted by atomic mass is 35.5. The summed E-state index contributed by atoms with van der Waals surface area (Å²) < 4.78 is 6.16. The molecular weight excluding hydrogens is 377 g/mol. The van der Waals surface area contributed by atoms with Crippen LogP contribution >= 0.6 is 34.8 Å². The molecule has 9 heteroatoms. The molecule has 0 fully saturated rings. The van der Waals surface area contributed by atoms with Gasteiger partial charge < -0.3 is 15.3 Å². The van der Waals surface area contributed by atoms with Crippen molar-refractivity contribution in [2.45, 2.75) is 6.54 Å². The normalized spacial score (nSPS) is 11.0. The third-order valence-corrected chi connectivity index (χ3v) is 4.00. The summed E-state index contributed by atoms with van der Waals surface area (Å²) in [6, 6.07) is 7.46. The van der Waals surface area contributed by atoms with Crippen molar-refractivity contribution in [2.75, 3.05) is 5.73 Å². The van der Waals surface area contributed by atoms with Gasteiger partial charge in [-0.25, -0.2) is 4.79 Å². The third-order valence-electron chi connectivity index (χ3n) is 3.23. The lowest BCUT2D eigenvalue weighted by Gasteiger charge is -2.06. The Morgan fingerprint density at radius 2 is 1.79 bits per heavy atom. The molecule has 0 aliphatic carbocycles. The van der Waals surface area contributed by atoms with Gasteiger partial charge in [0, 0.05) is 27.2 Å². The molecule has 1 heterocycles. The van der Waals surface area contributed by atoms with Gasteiger partial charge in [-0.05, 0) is 24.3 Å². The van der Waals surface area contributed by atoms with Gasteiger partial charge in [0.15, 0.2) is 0 Å². The molecular formula is C15H10Cl3N3O3. The van der Waals surface area contributed by atoms with Gasteiger partial charge in [0.2, 0.25) is 5.89 Å². The number of anilines is 1. The van der Waals surface area contributed by atoms with Gasteiger partial charge in [-0.3, -0.25) is 0 Å². The summed E-state index contributed by atoms with van der Waals surface area (Å²) in [4.78, 5) is 12.0. The number of rotatable bonds is 3. The molecule has 24 heavy (non-hydrogen) atoms. The lowest BCUT2D eigenvalue weighted by atomic mass is 10.2. The van der Waals surface area contributed by atoms with Gasteiger partial charge in [0.25, 0.3) is 0 Å². The Morgan fingerprint density at radius 3 is 2.46 bits per heavy atom. The fourth-order valence-corrected chi connectivity index (χ4v) is 2.82. The first-order valence-corrected chi connectivity index (χ1v) is 7.78. The van der Waals surface area contributed by atoms with Crippen LogP contribution in [0.1, 0.15) is 5.56 Å². The molecule has 0 unspecified atom stereocenters. The van der Waals surface area contributed by atoms with Gasteiger partial charge in [0.05, 0.1) is 17.3 Å². The number of nitrogens with two attached hydrogens (primary N) is 1. The Balaban J connectivity index is 1.98. The van der Waals surface area contributed by atoms with Crippen LogP contribution in [0.4, 0.5) is 5.69 Å². The highest BCUT2D eigenvalue weighted by Gasteiger charge is 2.14. The molecule has 0 saturated carbocycles. The Labute approximate surface area is 151 Å². The number of halogens is 3. The van der Waals surface area contributed by atoms with Crippen molar-refractivity contribution in [2.24, 2.45) is 0 Å². The minimum absolute atomic E-state index is 0.0392. The molecule has 0 amide bonds. The number of phenols is 1. The maximum Gasteiger partial charge on any atom is 0.437 e. The van der Waals surface area contributed by atoms with E-state index in [1.807, 2.05) is 0 Å². The zero-order valence-corrected chi connectivity index (χ0v) is 14.2. The van der Waals surface area contributed by atoms with Crippen LogP contribution in [0.3, 0.4) is 0 Å². The molecule has 1 aromatic heterocycles. The summed E-state index contributed by atoms with van der Waals surface area (Å²) in [7, 11) is 0. The van der Waals surface area contributed by atoms with Crippen LogP contribution in [0.2, 0.25) is 15.1 Å². The summed E-state index contributed by atoms with van der Waals surface area (Å²) in [5.74, 6) is -0.738. The topological polar surface area (TPSA) is 94.3 Å². The molecule has 0 atom stereocenters. The van der Waals surface area contributed by atoms with Crippen molar-refractivity contribution in [1.82, 2.24) is 9.78 Å². The molecule has 0 aliphatic heterocycles. The summed E-state index contributed by atoms with van der Waals surface area (Å²) in [5, 5.41) is 15.0. The summed E-state index contributed by atoms with van der Waals surface area (Å²) in [6.45, 7) is -0.0392. The molecule has 124 valence electrons. The molecule has 0 bridgehead atoms. The van der Waals surface area contributed by atoms with Gasteiger partial charge in [-0.2, -0.15) is 4.68 Å². The van der Waals surface area contributed by atoms with Crippen molar-refractivity contribution < 1.29 is 9.52 Å². The predicted octanol–water partition coefficient (Wildman–Crippen LogP) is 3.80. The molecule has 2 aromatic carbocycles. The number of aromatic nitrogens is 2. The third kappa shape index (κ3) is 3.36. The van der Waals surface area contributed by atoms with E-state index in [0.29, 0.717) is 21.2 Å². The Bertz CT molecular complexity index is 962. The Morgan fingerprint density at radius 1 is 1.12 bits per heavy atom. The summed E-state index contributed by atoms with van der Waals surface area (Å²) in [5.41, 5.74) is 6.67. The first kappa shape index (κ1) is 16.7. The number of nitrogen functional groups attached to an aromatic ring is 1. The van der Waals surface area contributed by atoms with E-state index >= 15 is 0 Å². The van der Waals surface area contributed by atoms with Crippen molar-refractivity contribution >= 4 is 40.5 Å². The maximum absolute atomic E-state index is 12.0. The van der Waals surface area contributed by atoms with Crippen molar-refractivity contribution in [1.29, 1.82) is 0 Å². The van der Waals surface area contributed by atoms with Gasteiger partial charge in [0.1, 0.15) is 5.75 Å². The number of hydrogen-bond donors (Lipinski definition) is 2. The number of phenolic OH excluding ortho intramolecular Hbond substituents is 1. The minimum Gasteiger partial charge on any atom is -0.508 e. The fraction of sp³-hybridized carbons (Fsp3) is 0.0667. The average Bonchev–Trinajstić information content (AvgIpc) is 2.85. The smallest absolute Gasteiger partial charge is 0.437 e. The van der Waals surface area contributed by atoms with Crippen LogP contribution < -0.4 is 11.5 Å². The van der Waals surface area contributed by atoms with E-state index in [4.69, 9.17) is 45.0 Å². The largest absolute Gasteiger partial charge is 0.508 e. The van der Waals surface area contributed by atoms with E-state index in [0.717, 1.165) is 4.68 Å². The number of benzene rings is 2. The molecule has 3 aromatic rings. The second-order valence-electron chi connectivity index (χ2n) is 4.99. The fourth-order valence-electron chi connectivity index (χ4n) is 2.11. The van der Waals surface area contributed by atoms with Crippen LogP contribution in [-0.2, 0) is 6.54 Å². The molecule has 6 nitrogen and oxygen atoms in total. The second kappa shape index (κ2) is 6.39. The lowest BCUT2D eigenvalue weighted by Crippen LogP contribution is -2.16. The van der Waals surface area contributed by atoms with E-state index in [9.17, 15) is 9.90 Å². The molecule has 0 saturated heterocycles. The predicted molar refractivity (Wildman–Crippen MR) is 92.9 cm³/mol. The molecule has 0 spiro atoms. The molecule has 3 rings (SSSR count). The Hall–Kier alpha value is -2.15. The van der Waals surface area contributed by atoms with Crippen LogP contribution in [0.15, 0.2) is 39.5 Å². The molecule has 0 aliphatic rings.